The molecule has 0 aliphatic carbocycles. The van der Waals surface area contributed by atoms with E-state index in [-0.39, 0.29) is 0 Å². The fourth-order valence-corrected chi connectivity index (χ4v) is 2.72. The van der Waals surface area contributed by atoms with Crippen molar-refractivity contribution in [2.45, 2.75) is 30.3 Å². The quantitative estimate of drug-likeness (QED) is 0.800. The summed E-state index contributed by atoms with van der Waals surface area (Å²) in [4.78, 5) is 0.951. The Bertz CT molecular complexity index is 308. The Balaban J connectivity index is 1.84. The highest BCUT2D eigenvalue weighted by Gasteiger charge is 2.14. The number of rotatable bonds is 3. The maximum Gasteiger partial charge on any atom is 0.129 e. The predicted octanol–water partition coefficient (Wildman–Crippen LogP) is 3.05. The van der Waals surface area contributed by atoms with Gasteiger partial charge < -0.3 is 9.84 Å². The molecule has 0 saturated carbocycles. The number of ether oxygens (including phenoxy) is 1. The van der Waals surface area contributed by atoms with Crippen molar-refractivity contribution in [3.63, 3.8) is 0 Å². The molecule has 1 fully saturated rings. The largest absolute Gasteiger partial charge is 0.507 e. The molecule has 0 radical (unpaired) electrons. The molecule has 1 aromatic carbocycles. The zero-order valence-corrected chi connectivity index (χ0v) is 9.50. The van der Waals surface area contributed by atoms with Gasteiger partial charge in [0.2, 0.25) is 0 Å². The lowest BCUT2D eigenvalue weighted by atomic mass is 10.1. The van der Waals surface area contributed by atoms with Crippen LogP contribution in [0.25, 0.3) is 0 Å². The van der Waals surface area contributed by atoms with E-state index in [1.54, 1.807) is 17.8 Å². The lowest BCUT2D eigenvalue weighted by molar-refractivity contribution is 0.0315. The second-order valence-electron chi connectivity index (χ2n) is 3.77. The van der Waals surface area contributed by atoms with Crippen molar-refractivity contribution < 1.29 is 9.84 Å². The van der Waals surface area contributed by atoms with Crippen molar-refractivity contribution in [2.24, 2.45) is 0 Å². The first kappa shape index (κ1) is 10.8. The van der Waals surface area contributed by atoms with Gasteiger partial charge in [0.05, 0.1) is 6.10 Å². The van der Waals surface area contributed by atoms with Gasteiger partial charge in [0.1, 0.15) is 5.75 Å². The third kappa shape index (κ3) is 3.14. The number of hydrogen-bond donors (Lipinski definition) is 1. The molecular weight excluding hydrogens is 208 g/mol. The van der Waals surface area contributed by atoms with Crippen molar-refractivity contribution in [2.75, 3.05) is 12.4 Å². The SMILES string of the molecule is Oc1ccccc1SCC1CCCCO1. The highest BCUT2D eigenvalue weighted by molar-refractivity contribution is 7.99. The van der Waals surface area contributed by atoms with Crippen molar-refractivity contribution in [1.29, 1.82) is 0 Å². The number of aromatic hydroxyl groups is 1. The number of para-hydroxylation sites is 1. The smallest absolute Gasteiger partial charge is 0.129 e. The lowest BCUT2D eigenvalue weighted by Gasteiger charge is -2.22. The number of phenols is 1. The van der Waals surface area contributed by atoms with Crippen molar-refractivity contribution in [1.82, 2.24) is 0 Å². The summed E-state index contributed by atoms with van der Waals surface area (Å²) in [5, 5.41) is 9.58. The van der Waals surface area contributed by atoms with Crippen LogP contribution in [0.3, 0.4) is 0 Å². The predicted molar refractivity (Wildman–Crippen MR) is 62.4 cm³/mol. The topological polar surface area (TPSA) is 29.5 Å². The van der Waals surface area contributed by atoms with E-state index in [1.807, 2.05) is 18.2 Å². The molecule has 2 nitrogen and oxygen atoms in total. The van der Waals surface area contributed by atoms with Gasteiger partial charge in [-0.25, -0.2) is 0 Å². The molecule has 3 heteroatoms. The van der Waals surface area contributed by atoms with E-state index in [1.165, 1.54) is 12.8 Å². The summed E-state index contributed by atoms with van der Waals surface area (Å²) in [6.45, 7) is 0.895. The Morgan fingerprint density at radius 1 is 1.33 bits per heavy atom. The van der Waals surface area contributed by atoms with Crippen LogP contribution in [0.2, 0.25) is 0 Å². The van der Waals surface area contributed by atoms with Gasteiger partial charge in [-0.15, -0.1) is 11.8 Å². The van der Waals surface area contributed by atoms with Crippen LogP contribution in [0.15, 0.2) is 29.2 Å². The molecule has 82 valence electrons. The molecule has 1 unspecified atom stereocenters. The van der Waals surface area contributed by atoms with E-state index in [2.05, 4.69) is 0 Å². The average Bonchev–Trinajstić information content (AvgIpc) is 2.29. The van der Waals surface area contributed by atoms with Crippen LogP contribution in [0, 0.1) is 0 Å². The third-order valence-corrected chi connectivity index (χ3v) is 3.76. The van der Waals surface area contributed by atoms with Gasteiger partial charge in [-0.05, 0) is 31.4 Å². The molecule has 1 saturated heterocycles. The Kier molecular flexibility index (Phi) is 3.92. The van der Waals surface area contributed by atoms with Gasteiger partial charge in [-0.1, -0.05) is 12.1 Å². The number of benzene rings is 1. The van der Waals surface area contributed by atoms with Crippen LogP contribution >= 0.6 is 11.8 Å². The molecule has 15 heavy (non-hydrogen) atoms. The standard InChI is InChI=1S/C12H16O2S/c13-11-6-1-2-7-12(11)15-9-10-5-3-4-8-14-10/h1-2,6-7,10,13H,3-5,8-9H2. The monoisotopic (exact) mass is 224 g/mol. The van der Waals surface area contributed by atoms with E-state index in [4.69, 9.17) is 4.74 Å². The van der Waals surface area contributed by atoms with Crippen LogP contribution in [-0.2, 0) is 4.74 Å². The normalized spacial score (nSPS) is 21.5. The molecule has 2 rings (SSSR count). The highest BCUT2D eigenvalue weighted by Crippen LogP contribution is 2.29. The maximum absolute atomic E-state index is 9.58. The minimum absolute atomic E-state index is 0.364. The van der Waals surface area contributed by atoms with Gasteiger partial charge in [0.25, 0.3) is 0 Å². The Hall–Kier alpha value is -0.670. The molecule has 0 bridgehead atoms. The molecule has 1 N–H and O–H groups in total. The van der Waals surface area contributed by atoms with Gasteiger partial charge in [-0.3, -0.25) is 0 Å². The zero-order valence-electron chi connectivity index (χ0n) is 8.69. The molecule has 0 spiro atoms. The molecule has 1 aliphatic rings. The Morgan fingerprint density at radius 2 is 2.20 bits per heavy atom. The third-order valence-electron chi connectivity index (χ3n) is 2.56. The fraction of sp³-hybridized carbons (Fsp3) is 0.500. The minimum atomic E-state index is 0.364. The van der Waals surface area contributed by atoms with E-state index < -0.39 is 0 Å². The van der Waals surface area contributed by atoms with E-state index in [0.29, 0.717) is 11.9 Å². The molecule has 1 heterocycles. The lowest BCUT2D eigenvalue weighted by Crippen LogP contribution is -2.21. The first-order chi connectivity index (χ1) is 7.36. The van der Waals surface area contributed by atoms with Gasteiger partial charge in [0, 0.05) is 17.3 Å². The maximum atomic E-state index is 9.58. The first-order valence-electron chi connectivity index (χ1n) is 5.38. The van der Waals surface area contributed by atoms with Crippen LogP contribution in [0.1, 0.15) is 19.3 Å². The summed E-state index contributed by atoms with van der Waals surface area (Å²) in [7, 11) is 0. The first-order valence-corrected chi connectivity index (χ1v) is 6.37. The highest BCUT2D eigenvalue weighted by atomic mass is 32.2. The Labute approximate surface area is 94.6 Å². The Morgan fingerprint density at radius 3 is 2.93 bits per heavy atom. The van der Waals surface area contributed by atoms with Crippen LogP contribution in [-0.4, -0.2) is 23.6 Å². The summed E-state index contributed by atoms with van der Waals surface area (Å²) in [5.41, 5.74) is 0. The van der Waals surface area contributed by atoms with E-state index >= 15 is 0 Å². The average molecular weight is 224 g/mol. The fourth-order valence-electron chi connectivity index (χ4n) is 1.70. The summed E-state index contributed by atoms with van der Waals surface area (Å²) < 4.78 is 5.64. The number of phenolic OH excluding ortho intramolecular Hbond substituents is 1. The van der Waals surface area contributed by atoms with Crippen LogP contribution < -0.4 is 0 Å². The van der Waals surface area contributed by atoms with Gasteiger partial charge in [-0.2, -0.15) is 0 Å². The number of thioether (sulfide) groups is 1. The molecule has 0 aromatic heterocycles. The zero-order chi connectivity index (χ0) is 10.5. The molecule has 1 aromatic rings. The summed E-state index contributed by atoms with van der Waals surface area (Å²) in [6.07, 6.45) is 3.98. The second-order valence-corrected chi connectivity index (χ2v) is 4.83. The van der Waals surface area contributed by atoms with Crippen LogP contribution in [0.4, 0.5) is 0 Å². The van der Waals surface area contributed by atoms with E-state index in [0.717, 1.165) is 23.7 Å². The molecule has 0 amide bonds. The van der Waals surface area contributed by atoms with Crippen LogP contribution in [0.5, 0.6) is 5.75 Å². The summed E-state index contributed by atoms with van der Waals surface area (Å²) >= 11 is 1.68. The van der Waals surface area contributed by atoms with Crippen molar-refractivity contribution in [3.05, 3.63) is 24.3 Å². The second kappa shape index (κ2) is 5.42. The van der Waals surface area contributed by atoms with Crippen molar-refractivity contribution >= 4 is 11.8 Å². The van der Waals surface area contributed by atoms with Gasteiger partial charge in [0.15, 0.2) is 0 Å². The van der Waals surface area contributed by atoms with Crippen molar-refractivity contribution in [3.8, 4) is 5.75 Å². The molecular formula is C12H16O2S. The summed E-state index contributed by atoms with van der Waals surface area (Å²) in [5.74, 6) is 1.32. The molecule has 1 atom stereocenters. The van der Waals surface area contributed by atoms with Gasteiger partial charge >= 0.3 is 0 Å². The number of hydrogen-bond acceptors (Lipinski definition) is 3. The molecule has 1 aliphatic heterocycles. The summed E-state index contributed by atoms with van der Waals surface area (Å²) in [6, 6.07) is 7.47. The minimum Gasteiger partial charge on any atom is -0.507 e. The van der Waals surface area contributed by atoms with E-state index in [9.17, 15) is 5.11 Å².